The second kappa shape index (κ2) is 22.2. The minimum atomic E-state index is -2.47. The van der Waals surface area contributed by atoms with Crippen molar-refractivity contribution in [2.45, 2.75) is 125 Å². The molecule has 11 rings (SSSR count). The van der Waals surface area contributed by atoms with Crippen molar-refractivity contribution < 1.29 is 113 Å². The predicted molar refractivity (Wildman–Crippen MR) is 283 cm³/mol. The number of aromatic hydroxyl groups is 4. The Balaban J connectivity index is 0.915. The van der Waals surface area contributed by atoms with Gasteiger partial charge < -0.3 is 84.2 Å². The van der Waals surface area contributed by atoms with Gasteiger partial charge in [-0.25, -0.2) is 10.4 Å². The number of hydrogen-bond acceptors (Lipinski definition) is 26. The third-order valence-electron chi connectivity index (χ3n) is 17.4. The van der Waals surface area contributed by atoms with Gasteiger partial charge in [-0.1, -0.05) is 24.3 Å². The van der Waals surface area contributed by atoms with E-state index < -0.39 is 191 Å². The van der Waals surface area contributed by atoms with Crippen LogP contribution in [0.2, 0.25) is 0 Å². The first-order chi connectivity index (χ1) is 40.0. The summed E-state index contributed by atoms with van der Waals surface area (Å²) in [6.45, 7) is 1.59. The molecule has 0 amide bonds. The van der Waals surface area contributed by atoms with Crippen LogP contribution in [-0.2, 0) is 46.1 Å². The smallest absolute Gasteiger partial charge is 0.202 e. The van der Waals surface area contributed by atoms with Crippen molar-refractivity contribution in [1.29, 1.82) is 0 Å². The maximum absolute atomic E-state index is 14.3. The Labute approximate surface area is 478 Å². The van der Waals surface area contributed by atoms with Crippen LogP contribution in [0.5, 0.6) is 34.5 Å². The number of ketones is 6. The molecule has 0 aromatic heterocycles. The largest absolute Gasteiger partial charge is 0.507 e. The van der Waals surface area contributed by atoms with Crippen LogP contribution in [0.1, 0.15) is 138 Å². The van der Waals surface area contributed by atoms with Crippen molar-refractivity contribution in [3.8, 4) is 34.5 Å². The lowest BCUT2D eigenvalue weighted by atomic mass is 9.72. The van der Waals surface area contributed by atoms with Gasteiger partial charge in [-0.2, -0.15) is 5.12 Å². The fourth-order valence-electron chi connectivity index (χ4n) is 13.1. The highest BCUT2D eigenvalue weighted by Gasteiger charge is 2.54. The standard InChI is InChI=1S/C58H63N3O23/c1-23-47(66)29(15-37(81-23)83-33-19-57(76,35(64)21-62)17-27-41(33)55(74)45-43(51(27)70)49(68)25-7-5-9-31(78-3)39(25)53(45)72)59-61(60-11-13-80-14-12-60)30-16-38(82-24(2)48(30)67)84-34-20-58(77,36(65)22-63)18-28-42(34)56(75)46-44(52(28)71)50(69)26-8-6-10-32(79-4)40(26)54(46)73/h5-10,23-24,29-30,33-34,37-38,47-48,59,62-63,66-67,70-71,74-77H,11-22H2,1-4H3/t23?,24?,29?,30?,33-,34-,37?,38?,47?,48?,57-,58-/m0/s1. The van der Waals surface area contributed by atoms with Crippen LogP contribution in [0.4, 0.5) is 0 Å². The van der Waals surface area contributed by atoms with Crippen LogP contribution >= 0.6 is 0 Å². The number of morpholine rings is 1. The second-order valence-electron chi connectivity index (χ2n) is 22.2. The zero-order valence-corrected chi connectivity index (χ0v) is 45.9. The molecule has 4 aliphatic carbocycles. The number of aliphatic hydroxyl groups excluding tert-OH is 4. The first-order valence-electron chi connectivity index (χ1n) is 27.3. The van der Waals surface area contributed by atoms with Crippen molar-refractivity contribution in [2.75, 3.05) is 53.7 Å². The van der Waals surface area contributed by atoms with E-state index in [2.05, 4.69) is 5.43 Å². The number of nitrogens with one attached hydrogen (secondary N) is 1. The zero-order valence-electron chi connectivity index (χ0n) is 45.9. The Kier molecular flexibility index (Phi) is 15.6. The maximum Gasteiger partial charge on any atom is 0.202 e. The Morgan fingerprint density at radius 1 is 0.631 bits per heavy atom. The summed E-state index contributed by atoms with van der Waals surface area (Å²) in [6.07, 6.45) is -14.2. The zero-order chi connectivity index (χ0) is 60.2. The minimum Gasteiger partial charge on any atom is -0.507 e. The van der Waals surface area contributed by atoms with Gasteiger partial charge >= 0.3 is 0 Å². The van der Waals surface area contributed by atoms with E-state index in [4.69, 9.17) is 33.2 Å². The van der Waals surface area contributed by atoms with Gasteiger partial charge in [0.15, 0.2) is 35.7 Å². The lowest BCUT2D eigenvalue weighted by Crippen LogP contribution is -2.69. The van der Waals surface area contributed by atoms with Gasteiger partial charge in [0.25, 0.3) is 0 Å². The van der Waals surface area contributed by atoms with Gasteiger partial charge in [0.1, 0.15) is 58.9 Å². The van der Waals surface area contributed by atoms with E-state index in [1.807, 2.05) is 0 Å². The lowest BCUT2D eigenvalue weighted by Gasteiger charge is -2.51. The Hall–Kier alpha value is -6.86. The molecule has 0 bridgehead atoms. The second-order valence-corrected chi connectivity index (χ2v) is 22.2. The average Bonchev–Trinajstić information content (AvgIpc) is 1.48. The first-order valence-corrected chi connectivity index (χ1v) is 27.3. The van der Waals surface area contributed by atoms with Crippen molar-refractivity contribution in [3.63, 3.8) is 0 Å². The molecule has 3 saturated heterocycles. The van der Waals surface area contributed by atoms with Gasteiger partial charge in [0, 0.05) is 85.0 Å². The van der Waals surface area contributed by atoms with Crippen LogP contribution in [0.25, 0.3) is 0 Å². The number of methoxy groups -OCH3 is 2. The number of carbonyl (C=O) groups excluding carboxylic acids is 6. The van der Waals surface area contributed by atoms with E-state index in [1.165, 1.54) is 64.5 Å². The summed E-state index contributed by atoms with van der Waals surface area (Å²) >= 11 is 0. The van der Waals surface area contributed by atoms with E-state index >= 15 is 0 Å². The molecule has 0 spiro atoms. The monoisotopic (exact) mass is 1170 g/mol. The number of phenolic OH excluding ortho intramolecular Hbond substituents is 4. The Morgan fingerprint density at radius 3 is 1.50 bits per heavy atom. The topological polar surface area (TPSA) is 388 Å². The summed E-state index contributed by atoms with van der Waals surface area (Å²) in [7, 11) is 2.56. The summed E-state index contributed by atoms with van der Waals surface area (Å²) in [5.41, 5.74) is -5.77. The van der Waals surface area contributed by atoms with Crippen molar-refractivity contribution >= 4 is 34.7 Å². The first kappa shape index (κ1) is 58.9. The van der Waals surface area contributed by atoms with Crippen molar-refractivity contribution in [1.82, 2.24) is 15.6 Å². The molecule has 12 atom stereocenters. The van der Waals surface area contributed by atoms with Gasteiger partial charge in [-0.05, 0) is 26.0 Å². The Morgan fingerprint density at radius 2 is 1.06 bits per heavy atom. The molecule has 26 heteroatoms. The van der Waals surface area contributed by atoms with E-state index in [-0.39, 0.29) is 95.2 Å². The molecule has 8 unspecified atom stereocenters. The van der Waals surface area contributed by atoms with E-state index in [0.29, 0.717) is 0 Å². The highest BCUT2D eigenvalue weighted by Crippen LogP contribution is 2.55. The average molecular weight is 1170 g/mol. The SMILES string of the molecule is COc1cccc2c1C(=O)c1c(O)c3c(c(O)c1C2=O)C[C@@](O)(C(=O)CO)C[C@@H]3OC1CC(NN(C2CC(O[C@H]3C[C@](O)(C(=O)CO)Cc4c(O)c5c(c(O)c43)C(=O)c3c(OC)cccc3C5=O)OC(C)C2O)N2CCOCC2)C(O)C(C)O1. The van der Waals surface area contributed by atoms with E-state index in [1.54, 1.807) is 10.1 Å². The number of hydrazine groups is 2. The summed E-state index contributed by atoms with van der Waals surface area (Å²) < 4.78 is 42.0. The molecule has 4 aromatic carbocycles. The maximum atomic E-state index is 14.3. The molecule has 0 saturated carbocycles. The number of hydrogen-bond donors (Lipinski definition) is 11. The molecule has 26 nitrogen and oxygen atoms in total. The molecule has 448 valence electrons. The van der Waals surface area contributed by atoms with Crippen LogP contribution < -0.4 is 14.9 Å². The third-order valence-corrected chi connectivity index (χ3v) is 17.4. The molecule has 0 radical (unpaired) electrons. The number of benzene rings is 4. The summed E-state index contributed by atoms with van der Waals surface area (Å²) in [5, 5.41) is 120. The van der Waals surface area contributed by atoms with E-state index in [0.717, 1.165) is 0 Å². The van der Waals surface area contributed by atoms with Crippen LogP contribution in [0, 0.1) is 0 Å². The molecule has 4 aromatic rings. The third kappa shape index (κ3) is 9.44. The fourth-order valence-corrected chi connectivity index (χ4v) is 13.1. The van der Waals surface area contributed by atoms with Gasteiger partial charge in [-0.15, -0.1) is 0 Å². The molecule has 84 heavy (non-hydrogen) atoms. The van der Waals surface area contributed by atoms with Crippen molar-refractivity contribution in [3.05, 3.63) is 103 Å². The van der Waals surface area contributed by atoms with E-state index in [9.17, 15) is 79.8 Å². The number of ether oxygens (including phenoxy) is 7. The fraction of sp³-hybridized carbons (Fsp3) is 0.483. The Bertz CT molecular complexity index is 3420. The number of rotatable bonds is 14. The molecular formula is C58H63N3O23. The van der Waals surface area contributed by atoms with Gasteiger partial charge in [-0.3, -0.25) is 28.8 Å². The molecule has 3 aliphatic heterocycles. The molecule has 3 heterocycles. The number of Topliss-reactive ketones (excluding diaryl/α,β-unsaturated/α-hetero) is 2. The number of fused-ring (bicyclic) bond motifs is 6. The predicted octanol–water partition coefficient (Wildman–Crippen LogP) is 0.153. The van der Waals surface area contributed by atoms with Crippen molar-refractivity contribution in [2.24, 2.45) is 0 Å². The number of carbonyl (C=O) groups is 6. The molecule has 11 N–H and O–H groups in total. The minimum absolute atomic E-state index is 0.00799. The highest BCUT2D eigenvalue weighted by molar-refractivity contribution is 6.32. The molecule has 3 fully saturated rings. The normalized spacial score (nSPS) is 30.2. The van der Waals surface area contributed by atoms with Crippen LogP contribution in [-0.4, -0.2) is 210 Å². The number of nitrogens with zero attached hydrogens (tertiary/aromatic N) is 2. The van der Waals surface area contributed by atoms with Crippen LogP contribution in [0.3, 0.4) is 0 Å². The summed E-state index contributed by atoms with van der Waals surface area (Å²) in [5.74, 6) is -8.89. The highest BCUT2D eigenvalue weighted by atomic mass is 16.7. The van der Waals surface area contributed by atoms with Crippen LogP contribution in [0.15, 0.2) is 36.4 Å². The molecular weight excluding hydrogens is 1110 g/mol. The number of phenols is 4. The quantitative estimate of drug-likeness (QED) is 0.0511. The molecule has 7 aliphatic rings. The summed E-state index contributed by atoms with van der Waals surface area (Å²) in [6, 6.07) is 6.34. The van der Waals surface area contributed by atoms with Gasteiger partial charge in [0.2, 0.25) is 11.6 Å². The summed E-state index contributed by atoms with van der Waals surface area (Å²) in [4.78, 5) is 83.6. The number of aliphatic hydroxyl groups is 6. The lowest BCUT2D eigenvalue weighted by molar-refractivity contribution is -0.291. The van der Waals surface area contributed by atoms with Gasteiger partial charge in [0.05, 0.1) is 110 Å².